The molecule has 0 bridgehead atoms. The SMILES string of the molecule is Cc1cccc(Nc2nc(-c3ccnc(Br)c3)cs2)c1. The van der Waals surface area contributed by atoms with Crippen LogP contribution in [0.4, 0.5) is 10.8 Å². The summed E-state index contributed by atoms with van der Waals surface area (Å²) in [4.78, 5) is 8.73. The van der Waals surface area contributed by atoms with E-state index in [0.29, 0.717) is 0 Å². The van der Waals surface area contributed by atoms with Gasteiger partial charge in [-0.3, -0.25) is 0 Å². The van der Waals surface area contributed by atoms with Gasteiger partial charge in [0.15, 0.2) is 5.13 Å². The average Bonchev–Trinajstić information content (AvgIpc) is 2.87. The maximum Gasteiger partial charge on any atom is 0.187 e. The minimum Gasteiger partial charge on any atom is -0.332 e. The molecule has 0 saturated heterocycles. The van der Waals surface area contributed by atoms with Gasteiger partial charge in [0, 0.05) is 22.8 Å². The van der Waals surface area contributed by atoms with Crippen molar-refractivity contribution in [3.8, 4) is 11.3 Å². The van der Waals surface area contributed by atoms with Crippen LogP contribution in [0.5, 0.6) is 0 Å². The van der Waals surface area contributed by atoms with Crippen molar-refractivity contribution in [2.45, 2.75) is 6.92 Å². The van der Waals surface area contributed by atoms with E-state index in [2.05, 4.69) is 50.3 Å². The summed E-state index contributed by atoms with van der Waals surface area (Å²) < 4.78 is 0.816. The topological polar surface area (TPSA) is 37.8 Å². The first-order valence-corrected chi connectivity index (χ1v) is 7.79. The molecule has 1 N–H and O–H groups in total. The number of benzene rings is 1. The van der Waals surface area contributed by atoms with Gasteiger partial charge in [-0.25, -0.2) is 9.97 Å². The van der Waals surface area contributed by atoms with E-state index in [4.69, 9.17) is 0 Å². The Hall–Kier alpha value is -1.72. The Kier molecular flexibility index (Phi) is 3.80. The summed E-state index contributed by atoms with van der Waals surface area (Å²) in [5, 5.41) is 6.26. The predicted octanol–water partition coefficient (Wildman–Crippen LogP) is 5.02. The van der Waals surface area contributed by atoms with E-state index < -0.39 is 0 Å². The standard InChI is InChI=1S/C15H12BrN3S/c1-10-3-2-4-12(7-10)18-15-19-13(9-20-15)11-5-6-17-14(16)8-11/h2-9H,1H3,(H,18,19). The van der Waals surface area contributed by atoms with Crippen molar-refractivity contribution in [2.75, 3.05) is 5.32 Å². The van der Waals surface area contributed by atoms with Crippen molar-refractivity contribution in [3.63, 3.8) is 0 Å². The largest absolute Gasteiger partial charge is 0.332 e. The number of hydrogen-bond donors (Lipinski definition) is 1. The van der Waals surface area contributed by atoms with Gasteiger partial charge in [0.2, 0.25) is 0 Å². The first-order chi connectivity index (χ1) is 9.70. The van der Waals surface area contributed by atoms with Gasteiger partial charge in [-0.1, -0.05) is 12.1 Å². The Balaban J connectivity index is 1.84. The third-order valence-electron chi connectivity index (χ3n) is 2.80. The normalized spacial score (nSPS) is 10.5. The van der Waals surface area contributed by atoms with Gasteiger partial charge in [0.1, 0.15) is 4.60 Å². The van der Waals surface area contributed by atoms with Crippen LogP contribution in [0.2, 0.25) is 0 Å². The van der Waals surface area contributed by atoms with Crippen LogP contribution in [0.3, 0.4) is 0 Å². The lowest BCUT2D eigenvalue weighted by Crippen LogP contribution is -1.90. The van der Waals surface area contributed by atoms with Crippen molar-refractivity contribution in [2.24, 2.45) is 0 Å². The lowest BCUT2D eigenvalue weighted by Gasteiger charge is -2.03. The highest BCUT2D eigenvalue weighted by Gasteiger charge is 2.05. The molecule has 2 aromatic heterocycles. The smallest absolute Gasteiger partial charge is 0.187 e. The number of aryl methyl sites for hydroxylation is 1. The highest BCUT2D eigenvalue weighted by Crippen LogP contribution is 2.28. The molecule has 20 heavy (non-hydrogen) atoms. The number of thiazole rings is 1. The van der Waals surface area contributed by atoms with Crippen LogP contribution >= 0.6 is 27.3 Å². The monoisotopic (exact) mass is 345 g/mol. The second-order valence-electron chi connectivity index (χ2n) is 4.40. The quantitative estimate of drug-likeness (QED) is 0.677. The Labute approximate surface area is 129 Å². The molecule has 0 saturated carbocycles. The second kappa shape index (κ2) is 5.73. The van der Waals surface area contributed by atoms with Crippen LogP contribution < -0.4 is 5.32 Å². The molecular formula is C15H12BrN3S. The van der Waals surface area contributed by atoms with Crippen molar-refractivity contribution in [1.29, 1.82) is 0 Å². The molecule has 0 aliphatic heterocycles. The van der Waals surface area contributed by atoms with Crippen LogP contribution in [0, 0.1) is 6.92 Å². The molecule has 0 fully saturated rings. The zero-order chi connectivity index (χ0) is 13.9. The maximum absolute atomic E-state index is 4.61. The molecule has 0 aliphatic carbocycles. The molecule has 2 heterocycles. The van der Waals surface area contributed by atoms with Crippen molar-refractivity contribution < 1.29 is 0 Å². The Morgan fingerprint density at radius 1 is 1.20 bits per heavy atom. The van der Waals surface area contributed by atoms with Crippen LogP contribution in [-0.4, -0.2) is 9.97 Å². The van der Waals surface area contributed by atoms with E-state index in [0.717, 1.165) is 26.7 Å². The number of pyridine rings is 1. The fourth-order valence-corrected chi connectivity index (χ4v) is 2.98. The Morgan fingerprint density at radius 2 is 2.10 bits per heavy atom. The van der Waals surface area contributed by atoms with E-state index in [9.17, 15) is 0 Å². The first kappa shape index (κ1) is 13.3. The van der Waals surface area contributed by atoms with Gasteiger partial charge < -0.3 is 5.32 Å². The molecule has 1 aromatic carbocycles. The Bertz CT molecular complexity index is 739. The highest BCUT2D eigenvalue weighted by molar-refractivity contribution is 9.10. The fraction of sp³-hybridized carbons (Fsp3) is 0.0667. The molecule has 0 aliphatic rings. The third-order valence-corrected chi connectivity index (χ3v) is 3.99. The molecule has 0 spiro atoms. The van der Waals surface area contributed by atoms with Gasteiger partial charge in [-0.2, -0.15) is 0 Å². The number of nitrogens with zero attached hydrogens (tertiary/aromatic N) is 2. The summed E-state index contributed by atoms with van der Waals surface area (Å²) in [6.45, 7) is 2.08. The molecule has 0 amide bonds. The summed E-state index contributed by atoms with van der Waals surface area (Å²) in [5.41, 5.74) is 4.29. The number of rotatable bonds is 3. The fourth-order valence-electron chi connectivity index (χ4n) is 1.87. The average molecular weight is 346 g/mol. The van der Waals surface area contributed by atoms with Crippen LogP contribution in [-0.2, 0) is 0 Å². The van der Waals surface area contributed by atoms with E-state index >= 15 is 0 Å². The van der Waals surface area contributed by atoms with Crippen LogP contribution in [0.15, 0.2) is 52.6 Å². The Morgan fingerprint density at radius 3 is 2.90 bits per heavy atom. The number of anilines is 2. The molecule has 100 valence electrons. The first-order valence-electron chi connectivity index (χ1n) is 6.12. The third kappa shape index (κ3) is 3.05. The van der Waals surface area contributed by atoms with Crippen molar-refractivity contribution in [1.82, 2.24) is 9.97 Å². The number of hydrogen-bond acceptors (Lipinski definition) is 4. The van der Waals surface area contributed by atoms with E-state index in [1.54, 1.807) is 17.5 Å². The lowest BCUT2D eigenvalue weighted by molar-refractivity contribution is 1.27. The van der Waals surface area contributed by atoms with E-state index in [1.165, 1.54) is 5.56 Å². The lowest BCUT2D eigenvalue weighted by atomic mass is 10.2. The number of aromatic nitrogens is 2. The molecule has 3 rings (SSSR count). The number of nitrogens with one attached hydrogen (secondary N) is 1. The summed E-state index contributed by atoms with van der Waals surface area (Å²) in [7, 11) is 0. The summed E-state index contributed by atoms with van der Waals surface area (Å²) >= 11 is 4.97. The van der Waals surface area contributed by atoms with Gasteiger partial charge in [-0.15, -0.1) is 11.3 Å². The van der Waals surface area contributed by atoms with Crippen LogP contribution in [0.1, 0.15) is 5.56 Å². The summed E-state index contributed by atoms with van der Waals surface area (Å²) in [6, 6.07) is 12.2. The minimum atomic E-state index is 0.816. The summed E-state index contributed by atoms with van der Waals surface area (Å²) in [6.07, 6.45) is 1.77. The second-order valence-corrected chi connectivity index (χ2v) is 6.07. The van der Waals surface area contributed by atoms with E-state index in [1.807, 2.05) is 29.6 Å². The highest BCUT2D eigenvalue weighted by atomic mass is 79.9. The van der Waals surface area contributed by atoms with Crippen molar-refractivity contribution >= 4 is 38.1 Å². The van der Waals surface area contributed by atoms with Gasteiger partial charge in [-0.05, 0) is 52.7 Å². The van der Waals surface area contributed by atoms with Gasteiger partial charge in [0.25, 0.3) is 0 Å². The number of halogens is 1. The molecular weight excluding hydrogens is 334 g/mol. The zero-order valence-electron chi connectivity index (χ0n) is 10.8. The van der Waals surface area contributed by atoms with Crippen molar-refractivity contribution in [3.05, 3.63) is 58.1 Å². The van der Waals surface area contributed by atoms with Gasteiger partial charge in [0.05, 0.1) is 5.69 Å². The minimum absolute atomic E-state index is 0.816. The molecule has 0 atom stereocenters. The van der Waals surface area contributed by atoms with Crippen LogP contribution in [0.25, 0.3) is 11.3 Å². The maximum atomic E-state index is 4.61. The summed E-state index contributed by atoms with van der Waals surface area (Å²) in [5.74, 6) is 0. The zero-order valence-corrected chi connectivity index (χ0v) is 13.2. The molecule has 5 heteroatoms. The predicted molar refractivity (Wildman–Crippen MR) is 87.5 cm³/mol. The molecule has 3 aromatic rings. The molecule has 0 unspecified atom stereocenters. The van der Waals surface area contributed by atoms with Gasteiger partial charge >= 0.3 is 0 Å². The molecule has 0 radical (unpaired) electrons. The molecule has 3 nitrogen and oxygen atoms in total. The van der Waals surface area contributed by atoms with E-state index in [-0.39, 0.29) is 0 Å².